The molecule has 1 aromatic rings. The van der Waals surface area contributed by atoms with Crippen molar-refractivity contribution in [2.45, 2.75) is 118 Å². The molecule has 3 nitrogen and oxygen atoms in total. The number of aliphatic hydroxyl groups excluding tert-OH is 1. The highest BCUT2D eigenvalue weighted by Gasteiger charge is 2.61. The minimum atomic E-state index is -0.284. The Hall–Kier alpha value is -1.35. The van der Waals surface area contributed by atoms with Crippen LogP contribution in [0.25, 0.3) is 0 Å². The molecule has 4 aliphatic rings. The third-order valence-corrected chi connectivity index (χ3v) is 13.0. The molecule has 0 aromatic heterocycles. The number of esters is 1. The van der Waals surface area contributed by atoms with Crippen LogP contribution in [0.1, 0.15) is 121 Å². The fourth-order valence-corrected chi connectivity index (χ4v) is 11.0. The molecule has 0 saturated heterocycles. The normalized spacial score (nSPS) is 40.5. The van der Waals surface area contributed by atoms with Gasteiger partial charge in [-0.2, -0.15) is 0 Å². The van der Waals surface area contributed by atoms with Crippen molar-refractivity contribution in [1.82, 2.24) is 0 Å². The Bertz CT molecular complexity index is 984. The first-order valence-electron chi connectivity index (χ1n) is 16.4. The molecule has 0 bridgehead atoms. The number of carbonyl (C=O) groups excluding carboxylic acids is 1. The number of methoxy groups -OCH3 is 1. The molecule has 0 aliphatic heterocycles. The average Bonchev–Trinajstić information content (AvgIpc) is 3.27. The zero-order valence-corrected chi connectivity index (χ0v) is 25.8. The van der Waals surface area contributed by atoms with Crippen LogP contribution in [0.15, 0.2) is 24.3 Å². The Kier molecular flexibility index (Phi) is 8.59. The maximum Gasteiger partial charge on any atom is 0.337 e. The van der Waals surface area contributed by atoms with Crippen molar-refractivity contribution < 1.29 is 14.6 Å². The summed E-state index contributed by atoms with van der Waals surface area (Å²) < 4.78 is 4.88. The molecule has 1 aromatic carbocycles. The van der Waals surface area contributed by atoms with Gasteiger partial charge in [0, 0.05) is 0 Å². The van der Waals surface area contributed by atoms with Crippen LogP contribution >= 0.6 is 0 Å². The van der Waals surface area contributed by atoms with Crippen molar-refractivity contribution >= 4 is 5.97 Å². The Balaban J connectivity index is 1.29. The van der Waals surface area contributed by atoms with Gasteiger partial charge in [-0.3, -0.25) is 0 Å². The summed E-state index contributed by atoms with van der Waals surface area (Å²) in [4.78, 5) is 11.9. The van der Waals surface area contributed by atoms with E-state index in [1.165, 1.54) is 76.9 Å². The Labute approximate surface area is 238 Å². The number of aliphatic hydroxyl groups is 1. The number of hydrogen-bond acceptors (Lipinski definition) is 3. The summed E-state index contributed by atoms with van der Waals surface area (Å²) in [5.41, 5.74) is 2.72. The van der Waals surface area contributed by atoms with E-state index in [0.29, 0.717) is 28.2 Å². The highest BCUT2D eigenvalue weighted by molar-refractivity contribution is 5.89. The summed E-state index contributed by atoms with van der Waals surface area (Å²) in [5, 5.41) is 11.3. The van der Waals surface area contributed by atoms with Gasteiger partial charge in [-0.1, -0.05) is 66.0 Å². The van der Waals surface area contributed by atoms with E-state index in [4.69, 9.17) is 4.74 Å². The molecule has 4 unspecified atom stereocenters. The zero-order chi connectivity index (χ0) is 27.9. The van der Waals surface area contributed by atoms with Crippen LogP contribution in [0.4, 0.5) is 0 Å². The fourth-order valence-electron chi connectivity index (χ4n) is 11.0. The van der Waals surface area contributed by atoms with E-state index >= 15 is 0 Å². The lowest BCUT2D eigenvalue weighted by molar-refractivity contribution is -0.152. The number of rotatable bonds is 8. The van der Waals surface area contributed by atoms with Gasteiger partial charge in [0.1, 0.15) is 0 Å². The Morgan fingerprint density at radius 1 is 0.897 bits per heavy atom. The van der Waals surface area contributed by atoms with Crippen molar-refractivity contribution in [3.8, 4) is 0 Å². The van der Waals surface area contributed by atoms with Crippen LogP contribution < -0.4 is 0 Å². The van der Waals surface area contributed by atoms with E-state index in [1.807, 2.05) is 12.1 Å². The second-order valence-electron chi connectivity index (χ2n) is 15.3. The zero-order valence-electron chi connectivity index (χ0n) is 25.8. The van der Waals surface area contributed by atoms with E-state index < -0.39 is 0 Å². The summed E-state index contributed by atoms with van der Waals surface area (Å²) in [7, 11) is 1.43. The standard InChI is InChI=1S/C36H56O3/c1-23(2)8-7-9-24(3)29-16-17-30-27-14-15-31-28(22-25-10-12-26(13-11-25)34(38)39-6)33(37)19-21-36(31,5)32(27)18-20-35(29,30)4/h10-13,23-24,27-33,37H,7-9,14-22H2,1-6H3/t24-,27?,28+,29-,30?,31?,32?,33-,35-,36+/m1/s1. The predicted molar refractivity (Wildman–Crippen MR) is 159 cm³/mol. The van der Waals surface area contributed by atoms with Gasteiger partial charge in [0.25, 0.3) is 0 Å². The minimum Gasteiger partial charge on any atom is -0.465 e. The molecule has 0 radical (unpaired) electrons. The second-order valence-corrected chi connectivity index (χ2v) is 15.3. The van der Waals surface area contributed by atoms with Crippen LogP contribution in [0, 0.1) is 58.2 Å². The lowest BCUT2D eigenvalue weighted by atomic mass is 9.42. The van der Waals surface area contributed by atoms with E-state index in [9.17, 15) is 9.90 Å². The first kappa shape index (κ1) is 29.2. The largest absolute Gasteiger partial charge is 0.465 e. The third kappa shape index (κ3) is 5.35. The third-order valence-electron chi connectivity index (χ3n) is 13.0. The molecule has 4 saturated carbocycles. The van der Waals surface area contributed by atoms with Crippen molar-refractivity contribution in [2.75, 3.05) is 7.11 Å². The monoisotopic (exact) mass is 536 g/mol. The first-order chi connectivity index (χ1) is 18.6. The van der Waals surface area contributed by atoms with Gasteiger partial charge in [-0.25, -0.2) is 4.79 Å². The van der Waals surface area contributed by atoms with Crippen molar-refractivity contribution in [1.29, 1.82) is 0 Å². The van der Waals surface area contributed by atoms with Gasteiger partial charge < -0.3 is 9.84 Å². The van der Waals surface area contributed by atoms with Crippen LogP contribution in [0.2, 0.25) is 0 Å². The van der Waals surface area contributed by atoms with Gasteiger partial charge >= 0.3 is 5.97 Å². The van der Waals surface area contributed by atoms with Gasteiger partial charge in [0.05, 0.1) is 18.8 Å². The number of hydrogen-bond donors (Lipinski definition) is 1. The first-order valence-corrected chi connectivity index (χ1v) is 16.4. The van der Waals surface area contributed by atoms with E-state index in [2.05, 4.69) is 46.8 Å². The van der Waals surface area contributed by atoms with Crippen LogP contribution in [-0.4, -0.2) is 24.3 Å². The molecule has 0 heterocycles. The lowest BCUT2D eigenvalue weighted by Gasteiger charge is -2.63. The van der Waals surface area contributed by atoms with Crippen LogP contribution in [0.5, 0.6) is 0 Å². The number of carbonyl (C=O) groups is 1. The minimum absolute atomic E-state index is 0.212. The number of benzene rings is 1. The maximum absolute atomic E-state index is 11.9. The average molecular weight is 537 g/mol. The molecule has 3 heteroatoms. The summed E-state index contributed by atoms with van der Waals surface area (Å²) in [6.07, 6.45) is 15.4. The topological polar surface area (TPSA) is 46.5 Å². The number of ether oxygens (including phenoxy) is 1. The molecule has 0 amide bonds. The Morgan fingerprint density at radius 3 is 2.26 bits per heavy atom. The van der Waals surface area contributed by atoms with Crippen molar-refractivity contribution in [2.24, 2.45) is 58.2 Å². The van der Waals surface area contributed by atoms with Crippen LogP contribution in [-0.2, 0) is 11.2 Å². The molecular formula is C36H56O3. The lowest BCUT2D eigenvalue weighted by Crippen LogP contribution is -2.57. The molecule has 218 valence electrons. The molecule has 4 fully saturated rings. The summed E-state index contributed by atoms with van der Waals surface area (Å²) >= 11 is 0. The molecule has 1 N–H and O–H groups in total. The van der Waals surface area contributed by atoms with E-state index in [-0.39, 0.29) is 12.1 Å². The van der Waals surface area contributed by atoms with Gasteiger partial charge in [-0.05, 0) is 134 Å². The molecule has 5 rings (SSSR count). The molecule has 10 atom stereocenters. The predicted octanol–water partition coefficient (Wildman–Crippen LogP) is 8.72. The quantitative estimate of drug-likeness (QED) is 0.338. The highest BCUT2D eigenvalue weighted by Crippen LogP contribution is 2.69. The summed E-state index contributed by atoms with van der Waals surface area (Å²) in [5.74, 6) is 5.84. The van der Waals surface area contributed by atoms with E-state index in [1.54, 1.807) is 0 Å². The number of fused-ring (bicyclic) bond motifs is 5. The molecule has 0 spiro atoms. The molecule has 39 heavy (non-hydrogen) atoms. The highest BCUT2D eigenvalue weighted by atomic mass is 16.5. The van der Waals surface area contributed by atoms with Gasteiger partial charge in [0.2, 0.25) is 0 Å². The van der Waals surface area contributed by atoms with Gasteiger partial charge in [-0.15, -0.1) is 0 Å². The maximum atomic E-state index is 11.9. The summed E-state index contributed by atoms with van der Waals surface area (Å²) in [6, 6.07) is 7.91. The second kappa shape index (κ2) is 11.5. The SMILES string of the molecule is COC(=O)c1ccc(C[C@H]2C3CCC4C(CC[C@@]5(C)C4CC[C@@H]5[C@H](C)CCCC(C)C)[C@@]3(C)CC[C@H]2O)cc1. The smallest absolute Gasteiger partial charge is 0.337 e. The van der Waals surface area contributed by atoms with Crippen molar-refractivity contribution in [3.63, 3.8) is 0 Å². The van der Waals surface area contributed by atoms with E-state index in [0.717, 1.165) is 48.3 Å². The fraction of sp³-hybridized carbons (Fsp3) is 0.806. The van der Waals surface area contributed by atoms with Crippen molar-refractivity contribution in [3.05, 3.63) is 35.4 Å². The Morgan fingerprint density at radius 2 is 1.56 bits per heavy atom. The summed E-state index contributed by atoms with van der Waals surface area (Å²) in [6.45, 7) is 12.6. The molecular weight excluding hydrogens is 480 g/mol. The molecule has 4 aliphatic carbocycles. The van der Waals surface area contributed by atoms with Gasteiger partial charge in [0.15, 0.2) is 0 Å². The van der Waals surface area contributed by atoms with Crippen LogP contribution in [0.3, 0.4) is 0 Å².